The standard InChI is InChI=1S/C11H19N3O/c1-8-6-14(13-11(8)12)7-9-4-2-3-5-10(9)15/h6,9-10,15H,2-5,7H2,1H3,(H2,12,13). The summed E-state index contributed by atoms with van der Waals surface area (Å²) in [5.41, 5.74) is 6.70. The van der Waals surface area contributed by atoms with E-state index in [1.54, 1.807) is 0 Å². The fourth-order valence-corrected chi connectivity index (χ4v) is 2.27. The van der Waals surface area contributed by atoms with Gasteiger partial charge < -0.3 is 10.8 Å². The maximum Gasteiger partial charge on any atom is 0.148 e. The zero-order valence-corrected chi connectivity index (χ0v) is 9.19. The molecule has 1 aliphatic carbocycles. The number of hydrogen-bond donors (Lipinski definition) is 2. The molecule has 0 spiro atoms. The van der Waals surface area contributed by atoms with E-state index in [0.717, 1.165) is 31.4 Å². The van der Waals surface area contributed by atoms with Gasteiger partial charge in [-0.15, -0.1) is 0 Å². The van der Waals surface area contributed by atoms with Crippen LogP contribution in [0.25, 0.3) is 0 Å². The molecule has 3 N–H and O–H groups in total. The summed E-state index contributed by atoms with van der Waals surface area (Å²) in [7, 11) is 0. The normalized spacial score (nSPS) is 26.8. The van der Waals surface area contributed by atoms with Gasteiger partial charge in [0.25, 0.3) is 0 Å². The number of nitrogens with zero attached hydrogens (tertiary/aromatic N) is 2. The van der Waals surface area contributed by atoms with Crippen LogP contribution >= 0.6 is 0 Å². The molecule has 0 amide bonds. The SMILES string of the molecule is Cc1cn(CC2CCCCC2O)nc1N. The third-order valence-corrected chi connectivity index (χ3v) is 3.27. The van der Waals surface area contributed by atoms with Crippen molar-refractivity contribution in [1.82, 2.24) is 9.78 Å². The number of anilines is 1. The molecule has 1 fully saturated rings. The van der Waals surface area contributed by atoms with Crippen molar-refractivity contribution in [2.45, 2.75) is 45.3 Å². The summed E-state index contributed by atoms with van der Waals surface area (Å²) < 4.78 is 1.86. The van der Waals surface area contributed by atoms with Crippen molar-refractivity contribution in [2.24, 2.45) is 5.92 Å². The molecule has 0 radical (unpaired) electrons. The number of aliphatic hydroxyl groups excluding tert-OH is 1. The maximum absolute atomic E-state index is 9.83. The van der Waals surface area contributed by atoms with Crippen LogP contribution in [-0.2, 0) is 6.54 Å². The lowest BCUT2D eigenvalue weighted by atomic mass is 9.86. The molecule has 1 heterocycles. The predicted octanol–water partition coefficient (Wildman–Crippen LogP) is 1.32. The zero-order chi connectivity index (χ0) is 10.8. The number of aromatic nitrogens is 2. The van der Waals surface area contributed by atoms with E-state index < -0.39 is 0 Å². The van der Waals surface area contributed by atoms with E-state index in [1.165, 1.54) is 6.42 Å². The van der Waals surface area contributed by atoms with Gasteiger partial charge in [-0.3, -0.25) is 4.68 Å². The van der Waals surface area contributed by atoms with Crippen LogP contribution in [0.1, 0.15) is 31.2 Å². The average molecular weight is 209 g/mol. The highest BCUT2D eigenvalue weighted by molar-refractivity contribution is 5.35. The first-order chi connectivity index (χ1) is 7.16. The van der Waals surface area contributed by atoms with Gasteiger partial charge >= 0.3 is 0 Å². The molecule has 4 nitrogen and oxygen atoms in total. The first-order valence-electron chi connectivity index (χ1n) is 5.64. The third-order valence-electron chi connectivity index (χ3n) is 3.27. The Morgan fingerprint density at radius 1 is 1.53 bits per heavy atom. The monoisotopic (exact) mass is 209 g/mol. The van der Waals surface area contributed by atoms with Crippen LogP contribution in [0.3, 0.4) is 0 Å². The quantitative estimate of drug-likeness (QED) is 0.772. The largest absolute Gasteiger partial charge is 0.393 e. The molecule has 0 saturated heterocycles. The Balaban J connectivity index is 2.01. The summed E-state index contributed by atoms with van der Waals surface area (Å²) in [6, 6.07) is 0. The van der Waals surface area contributed by atoms with Crippen molar-refractivity contribution in [3.8, 4) is 0 Å². The van der Waals surface area contributed by atoms with Crippen LogP contribution in [0, 0.1) is 12.8 Å². The van der Waals surface area contributed by atoms with Gasteiger partial charge in [-0.1, -0.05) is 12.8 Å². The summed E-state index contributed by atoms with van der Waals surface area (Å²) in [6.45, 7) is 2.75. The molecule has 1 aromatic heterocycles. The molecule has 4 heteroatoms. The topological polar surface area (TPSA) is 64.1 Å². The Hall–Kier alpha value is -1.03. The molecule has 1 aliphatic rings. The lowest BCUT2D eigenvalue weighted by Gasteiger charge is -2.27. The van der Waals surface area contributed by atoms with Crippen LogP contribution in [0.15, 0.2) is 6.20 Å². The molecule has 2 unspecified atom stereocenters. The molecule has 1 saturated carbocycles. The summed E-state index contributed by atoms with van der Waals surface area (Å²) in [5, 5.41) is 14.1. The molecule has 0 aliphatic heterocycles. The Kier molecular flexibility index (Phi) is 2.95. The van der Waals surface area contributed by atoms with Crippen molar-refractivity contribution < 1.29 is 5.11 Å². The van der Waals surface area contributed by atoms with E-state index in [2.05, 4.69) is 5.10 Å². The second-order valence-corrected chi connectivity index (χ2v) is 4.53. The number of nitrogens with two attached hydrogens (primary N) is 1. The molecule has 0 bridgehead atoms. The molecule has 1 aromatic rings. The summed E-state index contributed by atoms with van der Waals surface area (Å²) in [5.74, 6) is 0.942. The highest BCUT2D eigenvalue weighted by Gasteiger charge is 2.23. The zero-order valence-electron chi connectivity index (χ0n) is 9.19. The highest BCUT2D eigenvalue weighted by Crippen LogP contribution is 2.25. The average Bonchev–Trinajstić information content (AvgIpc) is 2.50. The van der Waals surface area contributed by atoms with Gasteiger partial charge in [-0.25, -0.2) is 0 Å². The van der Waals surface area contributed by atoms with E-state index in [9.17, 15) is 5.11 Å². The van der Waals surface area contributed by atoms with Crippen molar-refractivity contribution >= 4 is 5.82 Å². The second-order valence-electron chi connectivity index (χ2n) is 4.53. The summed E-state index contributed by atoms with van der Waals surface area (Å²) in [6.07, 6.45) is 6.19. The first-order valence-corrected chi connectivity index (χ1v) is 5.64. The van der Waals surface area contributed by atoms with Gasteiger partial charge in [0.2, 0.25) is 0 Å². The Labute approximate surface area is 90.1 Å². The lowest BCUT2D eigenvalue weighted by Crippen LogP contribution is -2.28. The van der Waals surface area contributed by atoms with Gasteiger partial charge in [-0.05, 0) is 19.8 Å². The van der Waals surface area contributed by atoms with E-state index in [0.29, 0.717) is 11.7 Å². The molecule has 15 heavy (non-hydrogen) atoms. The molecule has 2 atom stereocenters. The molecular formula is C11H19N3O. The van der Waals surface area contributed by atoms with Crippen LogP contribution in [0.5, 0.6) is 0 Å². The molecule has 84 valence electrons. The van der Waals surface area contributed by atoms with Crippen molar-refractivity contribution in [1.29, 1.82) is 0 Å². The fraction of sp³-hybridized carbons (Fsp3) is 0.727. The fourth-order valence-electron chi connectivity index (χ4n) is 2.27. The minimum atomic E-state index is -0.163. The minimum absolute atomic E-state index is 0.163. The molecule has 2 rings (SSSR count). The summed E-state index contributed by atoms with van der Waals surface area (Å²) >= 11 is 0. The second kappa shape index (κ2) is 4.23. The number of hydrogen-bond acceptors (Lipinski definition) is 3. The Bertz CT molecular complexity index is 315. The van der Waals surface area contributed by atoms with Crippen LogP contribution in [0.4, 0.5) is 5.82 Å². The van der Waals surface area contributed by atoms with E-state index in [-0.39, 0.29) is 6.10 Å². The molecule has 0 aromatic carbocycles. The van der Waals surface area contributed by atoms with E-state index in [1.807, 2.05) is 17.8 Å². The molecular weight excluding hydrogens is 190 g/mol. The summed E-state index contributed by atoms with van der Waals surface area (Å²) in [4.78, 5) is 0. The van der Waals surface area contributed by atoms with Crippen LogP contribution in [0.2, 0.25) is 0 Å². The number of aryl methyl sites for hydroxylation is 1. The van der Waals surface area contributed by atoms with Crippen LogP contribution < -0.4 is 5.73 Å². The lowest BCUT2D eigenvalue weighted by molar-refractivity contribution is 0.0587. The van der Waals surface area contributed by atoms with Crippen LogP contribution in [-0.4, -0.2) is 21.0 Å². The van der Waals surface area contributed by atoms with E-state index >= 15 is 0 Å². The third kappa shape index (κ3) is 2.31. The maximum atomic E-state index is 9.83. The van der Waals surface area contributed by atoms with E-state index in [4.69, 9.17) is 5.73 Å². The number of aliphatic hydroxyl groups is 1. The highest BCUT2D eigenvalue weighted by atomic mass is 16.3. The van der Waals surface area contributed by atoms with Crippen molar-refractivity contribution in [2.75, 3.05) is 5.73 Å². The van der Waals surface area contributed by atoms with Crippen molar-refractivity contribution in [3.63, 3.8) is 0 Å². The number of nitrogen functional groups attached to an aromatic ring is 1. The van der Waals surface area contributed by atoms with Gasteiger partial charge in [0.05, 0.1) is 6.10 Å². The number of rotatable bonds is 2. The van der Waals surface area contributed by atoms with Gasteiger partial charge in [0.1, 0.15) is 5.82 Å². The smallest absolute Gasteiger partial charge is 0.148 e. The Morgan fingerprint density at radius 3 is 2.87 bits per heavy atom. The van der Waals surface area contributed by atoms with Gasteiger partial charge in [0.15, 0.2) is 0 Å². The Morgan fingerprint density at radius 2 is 2.27 bits per heavy atom. The van der Waals surface area contributed by atoms with Crippen molar-refractivity contribution in [3.05, 3.63) is 11.8 Å². The first kappa shape index (κ1) is 10.5. The minimum Gasteiger partial charge on any atom is -0.393 e. The van der Waals surface area contributed by atoms with Gasteiger partial charge in [-0.2, -0.15) is 5.10 Å². The predicted molar refractivity (Wildman–Crippen MR) is 59.3 cm³/mol. The van der Waals surface area contributed by atoms with Gasteiger partial charge in [0, 0.05) is 24.2 Å².